The van der Waals surface area contributed by atoms with Crippen LogP contribution < -0.4 is 14.2 Å². The second kappa shape index (κ2) is 6.27. The Kier molecular flexibility index (Phi) is 4.44. The normalized spacial score (nSPS) is 10.0. The Morgan fingerprint density at radius 1 is 1.14 bits per heavy atom. The molecule has 0 aliphatic rings. The summed E-state index contributed by atoms with van der Waals surface area (Å²) < 4.78 is 15.4. The lowest BCUT2D eigenvalue weighted by atomic mass is 10.2. The lowest BCUT2D eigenvalue weighted by molar-refractivity contribution is 0.0697. The average molecular weight is 311 g/mol. The molecule has 0 spiro atoms. The Morgan fingerprint density at radius 2 is 1.76 bits per heavy atom. The molecule has 1 heterocycles. The van der Waals surface area contributed by atoms with Crippen molar-refractivity contribution in [1.29, 1.82) is 0 Å². The van der Waals surface area contributed by atoms with E-state index in [1.807, 2.05) is 0 Å². The van der Waals surface area contributed by atoms with E-state index >= 15 is 0 Å². The minimum Gasteiger partial charge on any atom is -0.481 e. The zero-order valence-corrected chi connectivity index (χ0v) is 11.9. The van der Waals surface area contributed by atoms with Gasteiger partial charge in [0.2, 0.25) is 11.8 Å². The summed E-state index contributed by atoms with van der Waals surface area (Å²) in [5.74, 6) is -0.343. The maximum absolute atomic E-state index is 10.8. The fourth-order valence-corrected chi connectivity index (χ4v) is 1.67. The van der Waals surface area contributed by atoms with E-state index in [4.69, 9.17) is 30.9 Å². The van der Waals surface area contributed by atoms with Crippen LogP contribution in [0.25, 0.3) is 0 Å². The second-order valence-corrected chi connectivity index (χ2v) is 4.19. The summed E-state index contributed by atoms with van der Waals surface area (Å²) in [6.45, 7) is 0. The number of carboxylic acid groups (broad SMARTS) is 1. The van der Waals surface area contributed by atoms with Gasteiger partial charge in [-0.2, -0.15) is 9.97 Å². The Bertz CT molecular complexity index is 655. The number of carbonyl (C=O) groups is 1. The van der Waals surface area contributed by atoms with Gasteiger partial charge in [-0.25, -0.2) is 4.79 Å². The quantitative estimate of drug-likeness (QED) is 0.907. The molecule has 0 amide bonds. The molecule has 0 fully saturated rings. The zero-order valence-electron chi connectivity index (χ0n) is 11.2. The van der Waals surface area contributed by atoms with Gasteiger partial charge in [0.25, 0.3) is 0 Å². The number of ether oxygens (including phenoxy) is 3. The van der Waals surface area contributed by atoms with Crippen molar-refractivity contribution in [3.05, 3.63) is 34.9 Å². The topological polar surface area (TPSA) is 90.8 Å². The maximum Gasteiger partial charge on any atom is 0.335 e. The molecule has 1 aromatic heterocycles. The Morgan fingerprint density at radius 3 is 2.24 bits per heavy atom. The van der Waals surface area contributed by atoms with Gasteiger partial charge in [0.15, 0.2) is 0 Å². The largest absolute Gasteiger partial charge is 0.481 e. The van der Waals surface area contributed by atoms with E-state index in [9.17, 15) is 4.79 Å². The van der Waals surface area contributed by atoms with Crippen molar-refractivity contribution in [2.24, 2.45) is 0 Å². The van der Waals surface area contributed by atoms with Crippen molar-refractivity contribution in [3.63, 3.8) is 0 Å². The molecule has 21 heavy (non-hydrogen) atoms. The Balaban J connectivity index is 2.31. The van der Waals surface area contributed by atoms with Gasteiger partial charge in [-0.15, -0.1) is 0 Å². The van der Waals surface area contributed by atoms with Crippen molar-refractivity contribution in [3.8, 4) is 23.5 Å². The van der Waals surface area contributed by atoms with Crippen molar-refractivity contribution in [1.82, 2.24) is 9.97 Å². The van der Waals surface area contributed by atoms with Gasteiger partial charge in [0, 0.05) is 0 Å². The molecule has 0 unspecified atom stereocenters. The first-order chi connectivity index (χ1) is 10.0. The van der Waals surface area contributed by atoms with Crippen LogP contribution in [0, 0.1) is 0 Å². The first-order valence-corrected chi connectivity index (χ1v) is 6.09. The number of nitrogens with zero attached hydrogens (tertiary/aromatic N) is 2. The molecule has 1 N–H and O–H groups in total. The van der Waals surface area contributed by atoms with Crippen molar-refractivity contribution >= 4 is 17.6 Å². The summed E-state index contributed by atoms with van der Waals surface area (Å²) in [5.41, 5.74) is 0.0523. The number of hydrogen-bond acceptors (Lipinski definition) is 6. The number of carboxylic acids is 1. The molecule has 7 nitrogen and oxygen atoms in total. The van der Waals surface area contributed by atoms with Crippen LogP contribution in [-0.4, -0.2) is 35.3 Å². The number of aromatic carboxylic acids is 1. The Hall–Kier alpha value is -2.54. The molecule has 2 aromatic rings. The smallest absolute Gasteiger partial charge is 0.335 e. The van der Waals surface area contributed by atoms with E-state index in [2.05, 4.69) is 9.97 Å². The summed E-state index contributed by atoms with van der Waals surface area (Å²) in [4.78, 5) is 18.8. The highest BCUT2D eigenvalue weighted by Gasteiger charge is 2.12. The van der Waals surface area contributed by atoms with Gasteiger partial charge in [-0.1, -0.05) is 11.6 Å². The molecule has 0 radical (unpaired) electrons. The summed E-state index contributed by atoms with van der Waals surface area (Å²) >= 11 is 5.96. The van der Waals surface area contributed by atoms with Gasteiger partial charge < -0.3 is 19.3 Å². The lowest BCUT2D eigenvalue weighted by Gasteiger charge is -2.09. The molecule has 0 bridgehead atoms. The molecule has 0 aliphatic carbocycles. The van der Waals surface area contributed by atoms with Crippen LogP contribution in [0.2, 0.25) is 5.02 Å². The molecule has 2 rings (SSSR count). The van der Waals surface area contributed by atoms with Gasteiger partial charge in [0.05, 0.1) is 30.9 Å². The highest BCUT2D eigenvalue weighted by atomic mass is 35.5. The first-order valence-electron chi connectivity index (χ1n) is 5.71. The third-order valence-corrected chi connectivity index (χ3v) is 2.75. The molecular formula is C13H11ClN2O5. The number of benzene rings is 1. The van der Waals surface area contributed by atoms with E-state index in [-0.39, 0.29) is 34.1 Å². The van der Waals surface area contributed by atoms with Crippen LogP contribution in [0.4, 0.5) is 0 Å². The number of rotatable bonds is 5. The highest BCUT2D eigenvalue weighted by molar-refractivity contribution is 6.32. The summed E-state index contributed by atoms with van der Waals surface area (Å²) in [5, 5.41) is 8.99. The van der Waals surface area contributed by atoms with E-state index in [0.29, 0.717) is 0 Å². The predicted molar refractivity (Wildman–Crippen MR) is 73.6 cm³/mol. The molecular weight excluding hydrogens is 300 g/mol. The first kappa shape index (κ1) is 14.9. The fraction of sp³-hybridized carbons (Fsp3) is 0.154. The minimum absolute atomic E-state index is 0.0313. The summed E-state index contributed by atoms with van der Waals surface area (Å²) in [6.07, 6.45) is 0. The summed E-state index contributed by atoms with van der Waals surface area (Å²) in [6, 6.07) is 5.51. The minimum atomic E-state index is -1.08. The third kappa shape index (κ3) is 3.51. The number of halogens is 1. The van der Waals surface area contributed by atoms with Crippen LogP contribution in [0.5, 0.6) is 23.5 Å². The monoisotopic (exact) mass is 310 g/mol. The van der Waals surface area contributed by atoms with Gasteiger partial charge in [-0.05, 0) is 18.2 Å². The van der Waals surface area contributed by atoms with Crippen LogP contribution >= 0.6 is 11.6 Å². The van der Waals surface area contributed by atoms with E-state index in [0.717, 1.165) is 0 Å². The van der Waals surface area contributed by atoms with Crippen molar-refractivity contribution < 1.29 is 24.1 Å². The summed E-state index contributed by atoms with van der Waals surface area (Å²) in [7, 11) is 2.89. The van der Waals surface area contributed by atoms with Gasteiger partial charge in [-0.3, -0.25) is 0 Å². The van der Waals surface area contributed by atoms with Crippen LogP contribution in [0.1, 0.15) is 10.4 Å². The fourth-order valence-electron chi connectivity index (χ4n) is 1.45. The van der Waals surface area contributed by atoms with Crippen molar-refractivity contribution in [2.45, 2.75) is 0 Å². The SMILES string of the molecule is COc1cc(OC)nc(Oc2ccc(C(=O)O)cc2Cl)n1. The standard InChI is InChI=1S/C13H11ClN2O5/c1-19-10-6-11(20-2)16-13(15-10)21-9-4-3-7(12(17)18)5-8(9)14/h3-6H,1-2H3,(H,17,18). The molecule has 0 saturated heterocycles. The van der Waals surface area contributed by atoms with Crippen molar-refractivity contribution in [2.75, 3.05) is 14.2 Å². The number of hydrogen-bond donors (Lipinski definition) is 1. The lowest BCUT2D eigenvalue weighted by Crippen LogP contribution is -1.99. The number of aromatic nitrogens is 2. The second-order valence-electron chi connectivity index (χ2n) is 3.79. The van der Waals surface area contributed by atoms with E-state index in [1.54, 1.807) is 0 Å². The predicted octanol–water partition coefficient (Wildman–Crippen LogP) is 2.64. The van der Waals surface area contributed by atoms with E-state index < -0.39 is 5.97 Å². The molecule has 0 aliphatic heterocycles. The molecule has 1 aromatic carbocycles. The third-order valence-electron chi connectivity index (χ3n) is 2.46. The van der Waals surface area contributed by atoms with Gasteiger partial charge in [0.1, 0.15) is 5.75 Å². The van der Waals surface area contributed by atoms with Crippen LogP contribution in [0.3, 0.4) is 0 Å². The van der Waals surface area contributed by atoms with Crippen LogP contribution in [-0.2, 0) is 0 Å². The van der Waals surface area contributed by atoms with E-state index in [1.165, 1.54) is 38.5 Å². The average Bonchev–Trinajstić information content (AvgIpc) is 2.48. The maximum atomic E-state index is 10.8. The molecule has 110 valence electrons. The number of methoxy groups -OCH3 is 2. The molecule has 0 saturated carbocycles. The molecule has 0 atom stereocenters. The van der Waals surface area contributed by atoms with Gasteiger partial charge >= 0.3 is 12.0 Å². The van der Waals surface area contributed by atoms with Crippen LogP contribution in [0.15, 0.2) is 24.3 Å². The molecule has 8 heteroatoms. The zero-order chi connectivity index (χ0) is 15.4. The highest BCUT2D eigenvalue weighted by Crippen LogP contribution is 2.30. The Labute approximate surface area is 125 Å².